The lowest BCUT2D eigenvalue weighted by Gasteiger charge is -2.26. The number of hydrogen-bond donors (Lipinski definition) is 8. The third kappa shape index (κ3) is 13.4. The summed E-state index contributed by atoms with van der Waals surface area (Å²) in [6, 6.07) is -4.88. The first-order valence-electron chi connectivity index (χ1n) is 11.0. The van der Waals surface area contributed by atoms with Gasteiger partial charge in [0.1, 0.15) is 18.1 Å². The van der Waals surface area contributed by atoms with Gasteiger partial charge in [0.2, 0.25) is 17.7 Å². The van der Waals surface area contributed by atoms with Crippen molar-refractivity contribution < 1.29 is 34.2 Å². The van der Waals surface area contributed by atoms with Gasteiger partial charge in [-0.05, 0) is 37.2 Å². The minimum atomic E-state index is -1.51. The molecule has 0 bridgehead atoms. The van der Waals surface area contributed by atoms with Crippen molar-refractivity contribution in [1.82, 2.24) is 16.0 Å². The molecule has 0 aliphatic carbocycles. The summed E-state index contributed by atoms with van der Waals surface area (Å²) < 4.78 is 0. The highest BCUT2D eigenvalue weighted by molar-refractivity contribution is 7.98. The number of amides is 3. The molecule has 0 aromatic rings. The maximum Gasteiger partial charge on any atom is 0.326 e. The Labute approximate surface area is 208 Å². The minimum absolute atomic E-state index is 0.108. The first-order valence-corrected chi connectivity index (χ1v) is 12.3. The van der Waals surface area contributed by atoms with E-state index in [1.807, 2.05) is 0 Å². The van der Waals surface area contributed by atoms with Crippen LogP contribution in [0.15, 0.2) is 4.99 Å². The van der Waals surface area contributed by atoms with Crippen molar-refractivity contribution in [2.45, 2.75) is 63.7 Å². The maximum atomic E-state index is 12.8. The standard InChI is InChI=1S/C20H37N7O7S/c1-10(2)15(18(32)25-12(19(33)34)6-8-35-3)27-17(31)13(9-14(28)29)26-16(30)11(21)5-4-7-24-20(22)23/h10-13,15H,4-9,21H2,1-3H3,(H,25,32)(H,26,30)(H,27,31)(H,28,29)(H,33,34)(H4,22,23,24). The number of nitrogens with one attached hydrogen (secondary N) is 3. The summed E-state index contributed by atoms with van der Waals surface area (Å²) in [6.45, 7) is 3.49. The highest BCUT2D eigenvalue weighted by Crippen LogP contribution is 2.07. The molecule has 0 aromatic heterocycles. The molecule has 15 heteroatoms. The van der Waals surface area contributed by atoms with Crippen LogP contribution in [0.25, 0.3) is 0 Å². The van der Waals surface area contributed by atoms with E-state index >= 15 is 0 Å². The maximum absolute atomic E-state index is 12.8. The monoisotopic (exact) mass is 519 g/mol. The summed E-state index contributed by atoms with van der Waals surface area (Å²) in [7, 11) is 0. The molecule has 11 N–H and O–H groups in total. The molecular weight excluding hydrogens is 482 g/mol. The van der Waals surface area contributed by atoms with Crippen LogP contribution in [0, 0.1) is 5.92 Å². The number of nitrogens with zero attached hydrogens (tertiary/aromatic N) is 1. The van der Waals surface area contributed by atoms with Crippen molar-refractivity contribution in [1.29, 1.82) is 0 Å². The molecular formula is C20H37N7O7S. The SMILES string of the molecule is CSCCC(NC(=O)C(NC(=O)C(CC(=O)O)NC(=O)C(N)CCCN=C(N)N)C(C)C)C(=O)O. The van der Waals surface area contributed by atoms with E-state index in [-0.39, 0.29) is 25.3 Å². The Morgan fingerprint density at radius 2 is 1.51 bits per heavy atom. The fraction of sp³-hybridized carbons (Fsp3) is 0.700. The Hall–Kier alpha value is -3.07. The zero-order valence-corrected chi connectivity index (χ0v) is 21.0. The predicted octanol–water partition coefficient (Wildman–Crippen LogP) is -2.21. The molecule has 0 saturated carbocycles. The topological polar surface area (TPSA) is 252 Å². The van der Waals surface area contributed by atoms with Gasteiger partial charge < -0.3 is 43.4 Å². The Kier molecular flexibility index (Phi) is 15.1. The number of carboxylic acids is 2. The number of rotatable bonds is 17. The summed E-state index contributed by atoms with van der Waals surface area (Å²) in [5.74, 6) is -5.07. The van der Waals surface area contributed by atoms with E-state index in [0.717, 1.165) is 0 Å². The van der Waals surface area contributed by atoms with Crippen LogP contribution in [-0.2, 0) is 24.0 Å². The number of carbonyl (C=O) groups is 5. The van der Waals surface area contributed by atoms with E-state index in [9.17, 15) is 34.2 Å². The van der Waals surface area contributed by atoms with Crippen LogP contribution in [0.1, 0.15) is 39.5 Å². The first kappa shape index (κ1) is 31.9. The molecule has 14 nitrogen and oxygen atoms in total. The first-order chi connectivity index (χ1) is 16.3. The van der Waals surface area contributed by atoms with E-state index < -0.39 is 66.2 Å². The van der Waals surface area contributed by atoms with Crippen LogP contribution in [0.5, 0.6) is 0 Å². The molecule has 0 aliphatic heterocycles. The van der Waals surface area contributed by atoms with Gasteiger partial charge in [-0.3, -0.25) is 24.2 Å². The summed E-state index contributed by atoms with van der Waals surface area (Å²) >= 11 is 1.42. The van der Waals surface area contributed by atoms with Crippen LogP contribution < -0.4 is 33.2 Å². The van der Waals surface area contributed by atoms with E-state index in [0.29, 0.717) is 12.2 Å². The van der Waals surface area contributed by atoms with Gasteiger partial charge in [-0.15, -0.1) is 0 Å². The van der Waals surface area contributed by atoms with Gasteiger partial charge in [0.25, 0.3) is 0 Å². The zero-order chi connectivity index (χ0) is 27.1. The molecule has 35 heavy (non-hydrogen) atoms. The molecule has 0 heterocycles. The number of thioether (sulfide) groups is 1. The number of hydrogen-bond acceptors (Lipinski definition) is 8. The number of aliphatic carboxylic acids is 2. The van der Waals surface area contributed by atoms with E-state index in [1.54, 1.807) is 20.1 Å². The number of carbonyl (C=O) groups excluding carboxylic acids is 3. The van der Waals surface area contributed by atoms with Crippen molar-refractivity contribution in [3.05, 3.63) is 0 Å². The number of carboxylic acid groups (broad SMARTS) is 2. The van der Waals surface area contributed by atoms with Crippen molar-refractivity contribution in [2.24, 2.45) is 28.1 Å². The fourth-order valence-electron chi connectivity index (χ4n) is 2.86. The fourth-order valence-corrected chi connectivity index (χ4v) is 3.33. The Morgan fingerprint density at radius 3 is 2.00 bits per heavy atom. The van der Waals surface area contributed by atoms with Gasteiger partial charge in [-0.1, -0.05) is 13.8 Å². The highest BCUT2D eigenvalue weighted by Gasteiger charge is 2.32. The smallest absolute Gasteiger partial charge is 0.326 e. The number of nitrogens with two attached hydrogens (primary N) is 3. The summed E-state index contributed by atoms with van der Waals surface area (Å²) in [5.41, 5.74) is 16.2. The Balaban J connectivity index is 5.30. The summed E-state index contributed by atoms with van der Waals surface area (Å²) in [5, 5.41) is 25.6. The lowest BCUT2D eigenvalue weighted by atomic mass is 10.0. The largest absolute Gasteiger partial charge is 0.481 e. The van der Waals surface area contributed by atoms with E-state index in [4.69, 9.17) is 17.2 Å². The van der Waals surface area contributed by atoms with Gasteiger partial charge in [-0.25, -0.2) is 4.79 Å². The normalized spacial score (nSPS) is 14.2. The molecule has 4 atom stereocenters. The highest BCUT2D eigenvalue weighted by atomic mass is 32.2. The summed E-state index contributed by atoms with van der Waals surface area (Å²) in [4.78, 5) is 64.4. The minimum Gasteiger partial charge on any atom is -0.481 e. The molecule has 4 unspecified atom stereocenters. The van der Waals surface area contributed by atoms with Gasteiger partial charge in [0, 0.05) is 6.54 Å². The Morgan fingerprint density at radius 1 is 0.914 bits per heavy atom. The lowest BCUT2D eigenvalue weighted by molar-refractivity contribution is -0.143. The van der Waals surface area contributed by atoms with Crippen LogP contribution in [-0.4, -0.2) is 88.6 Å². The molecule has 200 valence electrons. The molecule has 0 fully saturated rings. The molecule has 0 radical (unpaired) electrons. The van der Waals surface area contributed by atoms with Crippen molar-refractivity contribution >= 4 is 47.4 Å². The molecule has 0 aliphatic rings. The third-order valence-corrected chi connectivity index (χ3v) is 5.43. The van der Waals surface area contributed by atoms with E-state index in [1.165, 1.54) is 11.8 Å². The third-order valence-electron chi connectivity index (χ3n) is 4.79. The molecule has 0 aromatic carbocycles. The molecule has 0 spiro atoms. The van der Waals surface area contributed by atoms with Crippen LogP contribution in [0.2, 0.25) is 0 Å². The number of aliphatic imine (C=N–C) groups is 1. The van der Waals surface area contributed by atoms with Gasteiger partial charge in [0.05, 0.1) is 12.5 Å². The van der Waals surface area contributed by atoms with Crippen LogP contribution >= 0.6 is 11.8 Å². The molecule has 0 rings (SSSR count). The summed E-state index contributed by atoms with van der Waals surface area (Å²) in [6.07, 6.45) is 1.77. The van der Waals surface area contributed by atoms with Gasteiger partial charge in [0.15, 0.2) is 5.96 Å². The van der Waals surface area contributed by atoms with E-state index in [2.05, 4.69) is 20.9 Å². The lowest BCUT2D eigenvalue weighted by Crippen LogP contribution is -2.58. The second-order valence-corrected chi connectivity index (χ2v) is 9.11. The predicted molar refractivity (Wildman–Crippen MR) is 131 cm³/mol. The number of guanidine groups is 1. The van der Waals surface area contributed by atoms with Gasteiger partial charge >= 0.3 is 11.9 Å². The average molecular weight is 520 g/mol. The molecule has 3 amide bonds. The average Bonchev–Trinajstić information content (AvgIpc) is 2.75. The Bertz CT molecular complexity index is 775. The van der Waals surface area contributed by atoms with Crippen molar-refractivity contribution in [3.63, 3.8) is 0 Å². The van der Waals surface area contributed by atoms with Crippen LogP contribution in [0.4, 0.5) is 0 Å². The second-order valence-electron chi connectivity index (χ2n) is 8.13. The zero-order valence-electron chi connectivity index (χ0n) is 20.2. The molecule has 0 saturated heterocycles. The van der Waals surface area contributed by atoms with Gasteiger partial charge in [-0.2, -0.15) is 11.8 Å². The quantitative estimate of drug-likeness (QED) is 0.0580. The second kappa shape index (κ2) is 16.5. The van der Waals surface area contributed by atoms with Crippen LogP contribution in [0.3, 0.4) is 0 Å². The van der Waals surface area contributed by atoms with Crippen molar-refractivity contribution in [3.8, 4) is 0 Å². The van der Waals surface area contributed by atoms with Crippen molar-refractivity contribution in [2.75, 3.05) is 18.6 Å².